The van der Waals surface area contributed by atoms with Crippen LogP contribution in [0.1, 0.15) is 21.5 Å². The van der Waals surface area contributed by atoms with Crippen LogP contribution in [0.4, 0.5) is 0 Å². The number of hydrazone groups is 1. The summed E-state index contributed by atoms with van der Waals surface area (Å²) in [5.74, 6) is 0.394. The third kappa shape index (κ3) is 5.00. The largest absolute Gasteiger partial charge is 0.488 e. The normalized spacial score (nSPS) is 10.7. The maximum absolute atomic E-state index is 12.0. The molecule has 0 aliphatic heterocycles. The number of para-hydroxylation sites is 1. The van der Waals surface area contributed by atoms with E-state index in [4.69, 9.17) is 4.74 Å². The maximum atomic E-state index is 12.0. The Labute approximate surface area is 159 Å². The van der Waals surface area contributed by atoms with Gasteiger partial charge in [-0.2, -0.15) is 5.10 Å². The Morgan fingerprint density at radius 2 is 1.92 bits per heavy atom. The second kappa shape index (κ2) is 8.92. The molecular weight excluding hydrogens is 394 g/mol. The molecule has 6 heteroatoms. The fourth-order valence-electron chi connectivity index (χ4n) is 2.23. The lowest BCUT2D eigenvalue weighted by molar-refractivity contribution is 0.0955. The van der Waals surface area contributed by atoms with Gasteiger partial charge in [0.1, 0.15) is 12.4 Å². The molecular formula is C20H16BrN3O2. The van der Waals surface area contributed by atoms with Crippen molar-refractivity contribution in [2.24, 2.45) is 5.10 Å². The molecule has 3 aromatic rings. The third-order valence-corrected chi connectivity index (χ3v) is 4.01. The number of pyridine rings is 1. The van der Waals surface area contributed by atoms with Gasteiger partial charge < -0.3 is 4.74 Å². The molecule has 1 N–H and O–H groups in total. The van der Waals surface area contributed by atoms with Crippen molar-refractivity contribution in [3.8, 4) is 5.75 Å². The molecule has 1 amide bonds. The smallest absolute Gasteiger partial charge is 0.271 e. The van der Waals surface area contributed by atoms with Crippen LogP contribution < -0.4 is 10.2 Å². The van der Waals surface area contributed by atoms with Crippen molar-refractivity contribution >= 4 is 28.1 Å². The molecule has 0 saturated carbocycles. The topological polar surface area (TPSA) is 63.6 Å². The first-order valence-electron chi connectivity index (χ1n) is 7.92. The molecule has 3 rings (SSSR count). The summed E-state index contributed by atoms with van der Waals surface area (Å²) in [4.78, 5) is 15.9. The molecule has 0 fully saturated rings. The summed E-state index contributed by atoms with van der Waals surface area (Å²) >= 11 is 3.45. The zero-order valence-corrected chi connectivity index (χ0v) is 15.4. The van der Waals surface area contributed by atoms with Crippen LogP contribution >= 0.6 is 15.9 Å². The molecule has 0 aliphatic carbocycles. The summed E-state index contributed by atoms with van der Waals surface area (Å²) in [5.41, 5.74) is 4.82. The fourth-order valence-corrected chi connectivity index (χ4v) is 2.68. The Morgan fingerprint density at radius 1 is 1.12 bits per heavy atom. The van der Waals surface area contributed by atoms with Gasteiger partial charge in [0, 0.05) is 28.0 Å². The van der Waals surface area contributed by atoms with Crippen LogP contribution in [-0.4, -0.2) is 17.1 Å². The Balaban J connectivity index is 1.64. The average molecular weight is 410 g/mol. The first-order valence-corrected chi connectivity index (χ1v) is 8.71. The molecule has 0 radical (unpaired) electrons. The molecule has 0 bridgehead atoms. The summed E-state index contributed by atoms with van der Waals surface area (Å²) in [5, 5.41) is 4.02. The number of nitrogens with zero attached hydrogens (tertiary/aromatic N) is 2. The van der Waals surface area contributed by atoms with Crippen molar-refractivity contribution in [2.75, 3.05) is 0 Å². The molecule has 0 spiro atoms. The lowest BCUT2D eigenvalue weighted by Gasteiger charge is -2.09. The highest BCUT2D eigenvalue weighted by Gasteiger charge is 2.04. The third-order valence-electron chi connectivity index (χ3n) is 3.51. The van der Waals surface area contributed by atoms with Crippen molar-refractivity contribution in [3.63, 3.8) is 0 Å². The molecule has 0 unspecified atom stereocenters. The van der Waals surface area contributed by atoms with Gasteiger partial charge in [0.2, 0.25) is 0 Å². The van der Waals surface area contributed by atoms with Gasteiger partial charge in [0.05, 0.1) is 6.21 Å². The van der Waals surface area contributed by atoms with Gasteiger partial charge in [-0.05, 0) is 42.0 Å². The highest BCUT2D eigenvalue weighted by Crippen LogP contribution is 2.19. The van der Waals surface area contributed by atoms with Crippen molar-refractivity contribution in [2.45, 2.75) is 6.61 Å². The van der Waals surface area contributed by atoms with Gasteiger partial charge in [0.25, 0.3) is 5.91 Å². The van der Waals surface area contributed by atoms with E-state index in [2.05, 4.69) is 31.4 Å². The van der Waals surface area contributed by atoms with E-state index in [1.165, 1.54) is 0 Å². The van der Waals surface area contributed by atoms with E-state index in [0.29, 0.717) is 17.9 Å². The summed E-state index contributed by atoms with van der Waals surface area (Å²) in [6, 6.07) is 18.7. The number of amides is 1. The quantitative estimate of drug-likeness (QED) is 0.490. The predicted octanol–water partition coefficient (Wildman–Crippen LogP) is 4.19. The van der Waals surface area contributed by atoms with E-state index in [0.717, 1.165) is 15.6 Å². The maximum Gasteiger partial charge on any atom is 0.271 e. The predicted molar refractivity (Wildman–Crippen MR) is 104 cm³/mol. The number of hydrogen-bond acceptors (Lipinski definition) is 4. The Kier molecular flexibility index (Phi) is 6.11. The molecule has 0 aliphatic rings. The Bertz CT molecular complexity index is 914. The van der Waals surface area contributed by atoms with Crippen molar-refractivity contribution in [1.29, 1.82) is 0 Å². The standard InChI is InChI=1S/C20H16BrN3O2/c21-18-6-3-4-15(12-18)14-26-19-7-2-1-5-17(19)13-23-24-20(25)16-8-10-22-11-9-16/h1-13H,14H2,(H,24,25). The fraction of sp³-hybridized carbons (Fsp3) is 0.0500. The van der Waals surface area contributed by atoms with Crippen molar-refractivity contribution in [3.05, 3.63) is 94.2 Å². The minimum absolute atomic E-state index is 0.295. The zero-order chi connectivity index (χ0) is 18.2. The molecule has 130 valence electrons. The minimum atomic E-state index is -0.295. The van der Waals surface area contributed by atoms with Gasteiger partial charge in [0.15, 0.2) is 0 Å². The number of carbonyl (C=O) groups is 1. The van der Waals surface area contributed by atoms with Crippen molar-refractivity contribution in [1.82, 2.24) is 10.4 Å². The van der Waals surface area contributed by atoms with Crippen LogP contribution in [-0.2, 0) is 6.61 Å². The number of carbonyl (C=O) groups excluding carboxylic acids is 1. The highest BCUT2D eigenvalue weighted by atomic mass is 79.9. The zero-order valence-electron chi connectivity index (χ0n) is 13.8. The summed E-state index contributed by atoms with van der Waals surface area (Å²) in [6.07, 6.45) is 4.68. The van der Waals surface area contributed by atoms with E-state index in [1.54, 1.807) is 30.7 Å². The molecule has 2 aromatic carbocycles. The number of aromatic nitrogens is 1. The molecule has 5 nitrogen and oxygen atoms in total. The molecule has 0 saturated heterocycles. The van der Waals surface area contributed by atoms with E-state index in [9.17, 15) is 4.79 Å². The second-order valence-corrected chi connectivity index (χ2v) is 6.31. The molecule has 0 atom stereocenters. The number of rotatable bonds is 6. The first kappa shape index (κ1) is 17.8. The number of halogens is 1. The van der Waals surface area contributed by atoms with Crippen LogP contribution in [0, 0.1) is 0 Å². The summed E-state index contributed by atoms with van der Waals surface area (Å²) < 4.78 is 6.89. The van der Waals surface area contributed by atoms with E-state index >= 15 is 0 Å². The van der Waals surface area contributed by atoms with Crippen LogP contribution in [0.25, 0.3) is 0 Å². The Morgan fingerprint density at radius 3 is 2.73 bits per heavy atom. The van der Waals surface area contributed by atoms with Crippen LogP contribution in [0.15, 0.2) is 82.6 Å². The summed E-state index contributed by atoms with van der Waals surface area (Å²) in [7, 11) is 0. The van der Waals surface area contributed by atoms with Crippen LogP contribution in [0.5, 0.6) is 5.75 Å². The van der Waals surface area contributed by atoms with E-state index in [1.807, 2.05) is 48.5 Å². The van der Waals surface area contributed by atoms with Gasteiger partial charge in [-0.25, -0.2) is 5.43 Å². The average Bonchev–Trinajstić information content (AvgIpc) is 2.68. The lowest BCUT2D eigenvalue weighted by atomic mass is 10.2. The number of nitrogens with one attached hydrogen (secondary N) is 1. The second-order valence-electron chi connectivity index (χ2n) is 5.39. The Hall–Kier alpha value is -2.99. The van der Waals surface area contributed by atoms with Gasteiger partial charge >= 0.3 is 0 Å². The van der Waals surface area contributed by atoms with Crippen LogP contribution in [0.2, 0.25) is 0 Å². The number of hydrogen-bond donors (Lipinski definition) is 1. The molecule has 1 aromatic heterocycles. The number of ether oxygens (including phenoxy) is 1. The molecule has 26 heavy (non-hydrogen) atoms. The summed E-state index contributed by atoms with van der Waals surface area (Å²) in [6.45, 7) is 0.438. The van der Waals surface area contributed by atoms with E-state index < -0.39 is 0 Å². The minimum Gasteiger partial charge on any atom is -0.488 e. The SMILES string of the molecule is O=C(NN=Cc1ccccc1OCc1cccc(Br)c1)c1ccncc1. The highest BCUT2D eigenvalue weighted by molar-refractivity contribution is 9.10. The van der Waals surface area contributed by atoms with Crippen LogP contribution in [0.3, 0.4) is 0 Å². The van der Waals surface area contributed by atoms with Gasteiger partial charge in [-0.15, -0.1) is 0 Å². The lowest BCUT2D eigenvalue weighted by Crippen LogP contribution is -2.17. The monoisotopic (exact) mass is 409 g/mol. The van der Waals surface area contributed by atoms with E-state index in [-0.39, 0.29) is 5.91 Å². The molecule has 1 heterocycles. The number of benzene rings is 2. The van der Waals surface area contributed by atoms with Gasteiger partial charge in [-0.3, -0.25) is 9.78 Å². The van der Waals surface area contributed by atoms with Gasteiger partial charge in [-0.1, -0.05) is 40.2 Å². The van der Waals surface area contributed by atoms with Crippen molar-refractivity contribution < 1.29 is 9.53 Å². The first-order chi connectivity index (χ1) is 12.7.